The van der Waals surface area contributed by atoms with Crippen LogP contribution in [0.3, 0.4) is 0 Å². The summed E-state index contributed by atoms with van der Waals surface area (Å²) in [5.41, 5.74) is 1.25. The first-order chi connectivity index (χ1) is 13.7. The Morgan fingerprint density at radius 2 is 2.04 bits per heavy atom. The van der Waals surface area contributed by atoms with Gasteiger partial charge in [0.2, 0.25) is 11.7 Å². The number of nitrogens with zero attached hydrogens (tertiary/aromatic N) is 4. The maximum atomic E-state index is 12.9. The van der Waals surface area contributed by atoms with Crippen LogP contribution < -0.4 is 10.9 Å². The molecule has 0 spiro atoms. The lowest BCUT2D eigenvalue weighted by molar-refractivity contribution is -0.117. The van der Waals surface area contributed by atoms with Gasteiger partial charge in [0.15, 0.2) is 5.82 Å². The summed E-state index contributed by atoms with van der Waals surface area (Å²) >= 11 is 0. The molecule has 4 aromatic rings. The molecule has 1 atom stereocenters. The molecule has 1 unspecified atom stereocenters. The number of benzene rings is 1. The van der Waals surface area contributed by atoms with Gasteiger partial charge in [-0.25, -0.2) is 0 Å². The topological polar surface area (TPSA) is 105 Å². The zero-order valence-electron chi connectivity index (χ0n) is 15.2. The second-order valence-electron chi connectivity index (χ2n) is 6.29. The minimum atomic E-state index is -0.374. The van der Waals surface area contributed by atoms with Gasteiger partial charge in [-0.15, -0.1) is 5.10 Å². The van der Waals surface area contributed by atoms with Crippen molar-refractivity contribution >= 4 is 17.5 Å². The number of carbonyl (C=O) groups is 1. The number of H-pyrrole nitrogens is 1. The van der Waals surface area contributed by atoms with Crippen LogP contribution in [0.1, 0.15) is 24.8 Å². The number of rotatable bonds is 5. The van der Waals surface area contributed by atoms with E-state index in [0.717, 1.165) is 5.56 Å². The first-order valence-corrected chi connectivity index (χ1v) is 8.92. The summed E-state index contributed by atoms with van der Waals surface area (Å²) in [4.78, 5) is 35.9. The highest BCUT2D eigenvalue weighted by atomic mass is 16.2. The molecule has 1 aromatic carbocycles. The Bertz CT molecular complexity index is 1170. The summed E-state index contributed by atoms with van der Waals surface area (Å²) in [5.74, 6) is 0.367. The Labute approximate surface area is 160 Å². The molecular formula is C20H18N6O2. The van der Waals surface area contributed by atoms with Crippen LogP contribution in [0.2, 0.25) is 0 Å². The van der Waals surface area contributed by atoms with E-state index in [1.165, 1.54) is 10.6 Å². The van der Waals surface area contributed by atoms with E-state index >= 15 is 0 Å². The Balaban J connectivity index is 1.71. The number of nitrogens with one attached hydrogen (secondary N) is 2. The van der Waals surface area contributed by atoms with Crippen LogP contribution in [0.4, 0.5) is 5.82 Å². The summed E-state index contributed by atoms with van der Waals surface area (Å²) in [6.45, 7) is 1.95. The molecule has 3 heterocycles. The first-order valence-electron chi connectivity index (χ1n) is 8.92. The molecular weight excluding hydrogens is 356 g/mol. The Hall–Kier alpha value is -3.81. The predicted molar refractivity (Wildman–Crippen MR) is 105 cm³/mol. The summed E-state index contributed by atoms with van der Waals surface area (Å²) < 4.78 is 1.42. The van der Waals surface area contributed by atoms with Crippen LogP contribution in [-0.4, -0.2) is 30.5 Å². The van der Waals surface area contributed by atoms with E-state index < -0.39 is 0 Å². The van der Waals surface area contributed by atoms with Crippen molar-refractivity contribution in [3.8, 4) is 11.4 Å². The average Bonchev–Trinajstić information content (AvgIpc) is 3.14. The number of hydrogen-bond acceptors (Lipinski definition) is 5. The van der Waals surface area contributed by atoms with Crippen LogP contribution in [0.25, 0.3) is 17.2 Å². The lowest BCUT2D eigenvalue weighted by Gasteiger charge is -2.15. The van der Waals surface area contributed by atoms with Gasteiger partial charge in [0.1, 0.15) is 5.82 Å². The molecule has 140 valence electrons. The van der Waals surface area contributed by atoms with Crippen LogP contribution in [0, 0.1) is 0 Å². The number of amides is 1. The second-order valence-corrected chi connectivity index (χ2v) is 6.29. The van der Waals surface area contributed by atoms with E-state index in [1.54, 1.807) is 18.5 Å². The zero-order chi connectivity index (χ0) is 19.5. The van der Waals surface area contributed by atoms with E-state index in [1.807, 2.05) is 43.3 Å². The highest BCUT2D eigenvalue weighted by Crippen LogP contribution is 2.22. The third-order valence-corrected chi connectivity index (χ3v) is 4.44. The molecule has 0 aliphatic heterocycles. The van der Waals surface area contributed by atoms with Gasteiger partial charge >= 0.3 is 0 Å². The van der Waals surface area contributed by atoms with Gasteiger partial charge in [-0.05, 0) is 24.1 Å². The van der Waals surface area contributed by atoms with Crippen molar-refractivity contribution in [3.05, 3.63) is 76.8 Å². The Kier molecular flexibility index (Phi) is 4.67. The molecule has 0 aliphatic rings. The molecule has 28 heavy (non-hydrogen) atoms. The van der Waals surface area contributed by atoms with Crippen molar-refractivity contribution < 1.29 is 4.79 Å². The summed E-state index contributed by atoms with van der Waals surface area (Å²) in [5, 5.41) is 7.24. The molecule has 0 saturated heterocycles. The highest BCUT2D eigenvalue weighted by Gasteiger charge is 2.20. The molecule has 1 amide bonds. The molecule has 0 fully saturated rings. The van der Waals surface area contributed by atoms with Gasteiger partial charge in [-0.3, -0.25) is 19.6 Å². The lowest BCUT2D eigenvalue weighted by Crippen LogP contribution is -2.24. The molecule has 0 aliphatic carbocycles. The highest BCUT2D eigenvalue weighted by molar-refractivity contribution is 5.95. The quantitative estimate of drug-likeness (QED) is 0.559. The molecule has 8 heteroatoms. The van der Waals surface area contributed by atoms with E-state index in [0.29, 0.717) is 17.8 Å². The molecule has 0 bridgehead atoms. The van der Waals surface area contributed by atoms with E-state index in [2.05, 4.69) is 25.4 Å². The number of pyridine rings is 1. The standard InChI is InChI=1S/C20H18N6O2/c1-2-15(13-7-4-3-5-8-13)19(28)22-16-11-17(27)23-20-24-18(25-26(16)20)14-9-6-10-21-12-14/h3-12,15H,2H2,1H3,(H,22,28)(H,23,24,25,27). The van der Waals surface area contributed by atoms with Crippen molar-refractivity contribution in [2.75, 3.05) is 5.32 Å². The van der Waals surface area contributed by atoms with Crippen molar-refractivity contribution in [2.24, 2.45) is 0 Å². The normalized spacial score (nSPS) is 12.0. The molecule has 0 saturated carbocycles. The van der Waals surface area contributed by atoms with Crippen molar-refractivity contribution in [1.29, 1.82) is 0 Å². The maximum Gasteiger partial charge on any atom is 0.254 e. The Morgan fingerprint density at radius 1 is 1.21 bits per heavy atom. The monoisotopic (exact) mass is 374 g/mol. The molecule has 8 nitrogen and oxygen atoms in total. The van der Waals surface area contributed by atoms with E-state index in [4.69, 9.17) is 0 Å². The average molecular weight is 374 g/mol. The number of aromatic amines is 1. The van der Waals surface area contributed by atoms with Crippen LogP contribution in [0.5, 0.6) is 0 Å². The molecule has 3 aromatic heterocycles. The van der Waals surface area contributed by atoms with Gasteiger partial charge in [-0.1, -0.05) is 37.3 Å². The fraction of sp³-hybridized carbons (Fsp3) is 0.150. The van der Waals surface area contributed by atoms with Crippen molar-refractivity contribution in [1.82, 2.24) is 24.6 Å². The van der Waals surface area contributed by atoms with Gasteiger partial charge in [0, 0.05) is 24.0 Å². The molecule has 4 rings (SSSR count). The van der Waals surface area contributed by atoms with Crippen LogP contribution >= 0.6 is 0 Å². The predicted octanol–water partition coefficient (Wildman–Crippen LogP) is 2.61. The number of fused-ring (bicyclic) bond motifs is 1. The molecule has 0 radical (unpaired) electrons. The van der Waals surface area contributed by atoms with Gasteiger partial charge in [0.05, 0.1) is 5.92 Å². The number of hydrogen-bond donors (Lipinski definition) is 2. The first kappa shape index (κ1) is 17.6. The van der Waals surface area contributed by atoms with Crippen LogP contribution in [-0.2, 0) is 4.79 Å². The molecule has 2 N–H and O–H groups in total. The van der Waals surface area contributed by atoms with Crippen molar-refractivity contribution in [3.63, 3.8) is 0 Å². The third-order valence-electron chi connectivity index (χ3n) is 4.44. The van der Waals surface area contributed by atoms with Crippen molar-refractivity contribution in [2.45, 2.75) is 19.3 Å². The number of anilines is 1. The minimum absolute atomic E-state index is 0.209. The smallest absolute Gasteiger partial charge is 0.254 e. The SMILES string of the molecule is CCC(C(=O)Nc1cc(=O)[nH]c2nc(-c3cccnc3)nn12)c1ccccc1. The summed E-state index contributed by atoms with van der Waals surface area (Å²) in [6, 6.07) is 14.4. The zero-order valence-corrected chi connectivity index (χ0v) is 15.2. The number of aromatic nitrogens is 5. The van der Waals surface area contributed by atoms with Gasteiger partial charge < -0.3 is 5.32 Å². The lowest BCUT2D eigenvalue weighted by atomic mass is 9.96. The fourth-order valence-electron chi connectivity index (χ4n) is 3.07. The summed E-state index contributed by atoms with van der Waals surface area (Å²) in [6.07, 6.45) is 3.91. The summed E-state index contributed by atoms with van der Waals surface area (Å²) in [7, 11) is 0. The fourth-order valence-corrected chi connectivity index (χ4v) is 3.07. The number of carbonyl (C=O) groups excluding carboxylic acids is 1. The van der Waals surface area contributed by atoms with Gasteiger partial charge in [-0.2, -0.15) is 9.50 Å². The Morgan fingerprint density at radius 3 is 2.75 bits per heavy atom. The van der Waals surface area contributed by atoms with Gasteiger partial charge in [0.25, 0.3) is 5.56 Å². The largest absolute Gasteiger partial charge is 0.310 e. The third kappa shape index (κ3) is 3.39. The van der Waals surface area contributed by atoms with E-state index in [-0.39, 0.29) is 29.0 Å². The second kappa shape index (κ2) is 7.43. The van der Waals surface area contributed by atoms with Crippen LogP contribution in [0.15, 0.2) is 65.7 Å². The van der Waals surface area contributed by atoms with E-state index in [9.17, 15) is 9.59 Å². The maximum absolute atomic E-state index is 12.9. The minimum Gasteiger partial charge on any atom is -0.310 e.